The zero-order valence-electron chi connectivity index (χ0n) is 11.0. The summed E-state index contributed by atoms with van der Waals surface area (Å²) in [6.45, 7) is 4.91. The molecule has 0 bridgehead atoms. The molecule has 106 valence electrons. The lowest BCUT2D eigenvalue weighted by molar-refractivity contribution is 0.0255. The molecule has 1 aliphatic rings. The molecular formula is C13H11Cl2NO4. The van der Waals surface area contributed by atoms with E-state index in [2.05, 4.69) is 0 Å². The first kappa shape index (κ1) is 14.8. The number of benzene rings is 1. The van der Waals surface area contributed by atoms with Crippen molar-refractivity contribution < 1.29 is 19.1 Å². The van der Waals surface area contributed by atoms with Gasteiger partial charge >= 0.3 is 6.09 Å². The van der Waals surface area contributed by atoms with Crippen LogP contribution in [0.15, 0.2) is 12.1 Å². The van der Waals surface area contributed by atoms with Crippen molar-refractivity contribution in [2.45, 2.75) is 26.4 Å². The van der Waals surface area contributed by atoms with Gasteiger partial charge in [-0.3, -0.25) is 9.59 Å². The van der Waals surface area contributed by atoms with Crippen LogP contribution >= 0.6 is 23.2 Å². The third-order valence-electron chi connectivity index (χ3n) is 2.50. The topological polar surface area (TPSA) is 63.7 Å². The largest absolute Gasteiger partial charge is 0.443 e. The van der Waals surface area contributed by atoms with E-state index >= 15 is 0 Å². The molecule has 1 heterocycles. The molecule has 1 aromatic carbocycles. The van der Waals surface area contributed by atoms with Crippen LogP contribution in [0.5, 0.6) is 0 Å². The van der Waals surface area contributed by atoms with E-state index in [0.29, 0.717) is 4.90 Å². The summed E-state index contributed by atoms with van der Waals surface area (Å²) in [5.41, 5.74) is -0.743. The molecule has 0 aliphatic carbocycles. The summed E-state index contributed by atoms with van der Waals surface area (Å²) < 4.78 is 5.03. The van der Waals surface area contributed by atoms with Gasteiger partial charge in [0.25, 0.3) is 11.8 Å². The van der Waals surface area contributed by atoms with Gasteiger partial charge in [0.15, 0.2) is 0 Å². The summed E-state index contributed by atoms with van der Waals surface area (Å²) in [5.74, 6) is -1.53. The maximum absolute atomic E-state index is 12.1. The molecule has 0 spiro atoms. The lowest BCUT2D eigenvalue weighted by atomic mass is 10.1. The molecule has 7 heteroatoms. The summed E-state index contributed by atoms with van der Waals surface area (Å²) in [4.78, 5) is 36.6. The Labute approximate surface area is 125 Å². The summed E-state index contributed by atoms with van der Waals surface area (Å²) >= 11 is 11.6. The zero-order valence-corrected chi connectivity index (χ0v) is 12.5. The molecule has 0 fully saturated rings. The Hall–Kier alpha value is -1.59. The smallest absolute Gasteiger partial charge is 0.424 e. The Morgan fingerprint density at radius 2 is 1.45 bits per heavy atom. The van der Waals surface area contributed by atoms with E-state index in [1.807, 2.05) is 0 Å². The number of imide groups is 3. The number of hydrogen-bond acceptors (Lipinski definition) is 4. The standard InChI is InChI=1S/C13H11Cl2NO4/c1-13(2,3)20-12(19)16-10(17)6-4-8(14)9(15)5-7(6)11(16)18/h4-5H,1-3H3. The first-order chi connectivity index (χ1) is 9.11. The highest BCUT2D eigenvalue weighted by Gasteiger charge is 2.42. The van der Waals surface area contributed by atoms with Crippen LogP contribution in [-0.2, 0) is 4.74 Å². The highest BCUT2D eigenvalue weighted by atomic mass is 35.5. The second kappa shape index (κ2) is 4.75. The maximum atomic E-state index is 12.1. The Kier molecular flexibility index (Phi) is 3.52. The maximum Gasteiger partial charge on any atom is 0.424 e. The van der Waals surface area contributed by atoms with E-state index in [1.165, 1.54) is 12.1 Å². The van der Waals surface area contributed by atoms with Crippen molar-refractivity contribution in [1.29, 1.82) is 0 Å². The number of amides is 3. The van der Waals surface area contributed by atoms with Crippen LogP contribution in [0, 0.1) is 0 Å². The first-order valence-electron chi connectivity index (χ1n) is 5.72. The molecule has 1 aromatic rings. The Bertz CT molecular complexity index is 593. The van der Waals surface area contributed by atoms with E-state index in [-0.39, 0.29) is 21.2 Å². The number of rotatable bonds is 0. The fourth-order valence-electron chi connectivity index (χ4n) is 1.71. The lowest BCUT2D eigenvalue weighted by Crippen LogP contribution is -2.40. The Morgan fingerprint density at radius 3 is 1.80 bits per heavy atom. The normalized spacial score (nSPS) is 14.6. The third-order valence-corrected chi connectivity index (χ3v) is 3.23. The van der Waals surface area contributed by atoms with Crippen molar-refractivity contribution >= 4 is 41.1 Å². The second-order valence-electron chi connectivity index (χ2n) is 5.24. The third kappa shape index (κ3) is 2.51. The highest BCUT2D eigenvalue weighted by Crippen LogP contribution is 2.32. The molecule has 0 N–H and O–H groups in total. The molecule has 3 amide bonds. The number of carbonyl (C=O) groups excluding carboxylic acids is 3. The molecule has 0 radical (unpaired) electrons. The molecule has 20 heavy (non-hydrogen) atoms. The fourth-order valence-corrected chi connectivity index (χ4v) is 2.03. The molecule has 0 atom stereocenters. The Balaban J connectivity index is 2.40. The van der Waals surface area contributed by atoms with Gasteiger partial charge < -0.3 is 4.74 Å². The van der Waals surface area contributed by atoms with E-state index in [9.17, 15) is 14.4 Å². The second-order valence-corrected chi connectivity index (χ2v) is 6.05. The number of carbonyl (C=O) groups is 3. The van der Waals surface area contributed by atoms with Gasteiger partial charge in [0.2, 0.25) is 0 Å². The van der Waals surface area contributed by atoms with Gasteiger partial charge in [-0.15, -0.1) is 0 Å². The minimum absolute atomic E-state index is 0.0373. The van der Waals surface area contributed by atoms with Crippen molar-refractivity contribution in [2.24, 2.45) is 0 Å². The van der Waals surface area contributed by atoms with E-state index in [0.717, 1.165) is 0 Å². The van der Waals surface area contributed by atoms with Crippen LogP contribution in [0.1, 0.15) is 41.5 Å². The van der Waals surface area contributed by atoms with Crippen molar-refractivity contribution in [2.75, 3.05) is 0 Å². The summed E-state index contributed by atoms with van der Waals surface area (Å²) in [7, 11) is 0. The fraction of sp³-hybridized carbons (Fsp3) is 0.308. The van der Waals surface area contributed by atoms with E-state index in [1.54, 1.807) is 20.8 Å². The van der Waals surface area contributed by atoms with Crippen LogP contribution in [0.3, 0.4) is 0 Å². The first-order valence-corrected chi connectivity index (χ1v) is 6.48. The lowest BCUT2D eigenvalue weighted by Gasteiger charge is -2.22. The van der Waals surface area contributed by atoms with Gasteiger partial charge in [-0.05, 0) is 32.9 Å². The number of halogens is 2. The monoisotopic (exact) mass is 315 g/mol. The highest BCUT2D eigenvalue weighted by molar-refractivity contribution is 6.43. The molecule has 0 saturated carbocycles. The van der Waals surface area contributed by atoms with Gasteiger partial charge in [-0.1, -0.05) is 23.2 Å². The molecule has 0 aromatic heterocycles. The quantitative estimate of drug-likeness (QED) is 0.687. The molecular weight excluding hydrogens is 305 g/mol. The van der Waals surface area contributed by atoms with Crippen LogP contribution in [0.2, 0.25) is 10.0 Å². The number of hydrogen-bond donors (Lipinski definition) is 0. The van der Waals surface area contributed by atoms with Crippen LogP contribution in [-0.4, -0.2) is 28.4 Å². The van der Waals surface area contributed by atoms with Crippen LogP contribution < -0.4 is 0 Å². The van der Waals surface area contributed by atoms with Crippen molar-refractivity contribution in [3.63, 3.8) is 0 Å². The van der Waals surface area contributed by atoms with Crippen molar-refractivity contribution in [1.82, 2.24) is 4.90 Å². The average Bonchev–Trinajstić information content (AvgIpc) is 2.51. The summed E-state index contributed by atoms with van der Waals surface area (Å²) in [6.07, 6.45) is -1.02. The number of ether oxygens (including phenoxy) is 1. The minimum Gasteiger partial charge on any atom is -0.443 e. The number of nitrogens with zero attached hydrogens (tertiary/aromatic N) is 1. The predicted octanol–water partition coefficient (Wildman–Crippen LogP) is 3.52. The van der Waals surface area contributed by atoms with Gasteiger partial charge in [0, 0.05) is 0 Å². The van der Waals surface area contributed by atoms with E-state index in [4.69, 9.17) is 27.9 Å². The SMILES string of the molecule is CC(C)(C)OC(=O)N1C(=O)c2cc(Cl)c(Cl)cc2C1=O. The minimum atomic E-state index is -1.02. The summed E-state index contributed by atoms with van der Waals surface area (Å²) in [6, 6.07) is 2.54. The molecule has 5 nitrogen and oxygen atoms in total. The predicted molar refractivity (Wildman–Crippen MR) is 73.2 cm³/mol. The molecule has 0 unspecified atom stereocenters. The van der Waals surface area contributed by atoms with Crippen LogP contribution in [0.25, 0.3) is 0 Å². The van der Waals surface area contributed by atoms with Crippen LogP contribution in [0.4, 0.5) is 4.79 Å². The van der Waals surface area contributed by atoms with Gasteiger partial charge in [-0.2, -0.15) is 4.90 Å². The van der Waals surface area contributed by atoms with Crippen molar-refractivity contribution in [3.05, 3.63) is 33.3 Å². The average molecular weight is 316 g/mol. The Morgan fingerprint density at radius 1 is 1.05 bits per heavy atom. The summed E-state index contributed by atoms with van der Waals surface area (Å²) in [5, 5.41) is 0.273. The van der Waals surface area contributed by atoms with Crippen molar-refractivity contribution in [3.8, 4) is 0 Å². The molecule has 2 rings (SSSR count). The van der Waals surface area contributed by atoms with Gasteiger partial charge in [0.05, 0.1) is 21.2 Å². The molecule has 1 aliphatic heterocycles. The van der Waals surface area contributed by atoms with E-state index < -0.39 is 23.5 Å². The van der Waals surface area contributed by atoms with Gasteiger partial charge in [-0.25, -0.2) is 4.79 Å². The molecule has 0 saturated heterocycles. The zero-order chi connectivity index (χ0) is 15.2. The number of fused-ring (bicyclic) bond motifs is 1. The van der Waals surface area contributed by atoms with Gasteiger partial charge in [0.1, 0.15) is 5.60 Å².